The Morgan fingerprint density at radius 1 is 1.47 bits per heavy atom. The summed E-state index contributed by atoms with van der Waals surface area (Å²) in [6.07, 6.45) is 4.52. The Morgan fingerprint density at radius 3 is 2.76 bits per heavy atom. The minimum Gasteiger partial charge on any atom is -0.476 e. The maximum Gasteiger partial charge on any atom is 0.358 e. The third-order valence-electron chi connectivity index (χ3n) is 3.22. The molecule has 1 aliphatic rings. The number of halogens is 1. The summed E-state index contributed by atoms with van der Waals surface area (Å²) in [4.78, 5) is 11.1. The molecule has 0 unspecified atom stereocenters. The molecule has 1 saturated carbocycles. The van der Waals surface area contributed by atoms with Gasteiger partial charge in [0.25, 0.3) is 0 Å². The van der Waals surface area contributed by atoms with Crippen LogP contribution in [0.5, 0.6) is 0 Å². The first-order valence-electron chi connectivity index (χ1n) is 5.96. The van der Waals surface area contributed by atoms with Crippen molar-refractivity contribution in [3.8, 4) is 0 Å². The lowest BCUT2D eigenvalue weighted by Crippen LogP contribution is -2.12. The maximum atomic E-state index is 12.2. The van der Waals surface area contributed by atoms with Crippen LogP contribution in [0.1, 0.15) is 54.2 Å². The number of hydrogen-bond acceptors (Lipinski definition) is 3. The van der Waals surface area contributed by atoms with Gasteiger partial charge in [0.2, 0.25) is 0 Å². The molecule has 0 aromatic carbocycles. The lowest BCUT2D eigenvalue weighted by Gasteiger charge is -2.11. The largest absolute Gasteiger partial charge is 0.476 e. The van der Waals surface area contributed by atoms with Gasteiger partial charge in [-0.15, -0.1) is 5.10 Å². The summed E-state index contributed by atoms with van der Waals surface area (Å²) >= 11 is 0. The molecular formula is C11H16FN3O2. The average molecular weight is 241 g/mol. The van der Waals surface area contributed by atoms with Gasteiger partial charge in [-0.05, 0) is 19.3 Å². The molecule has 5 nitrogen and oxygen atoms in total. The van der Waals surface area contributed by atoms with E-state index in [2.05, 4.69) is 10.3 Å². The third-order valence-corrected chi connectivity index (χ3v) is 3.22. The lowest BCUT2D eigenvalue weighted by molar-refractivity contribution is 0.0688. The molecule has 1 aromatic heterocycles. The predicted octanol–water partition coefficient (Wildman–Crippen LogP) is 1.99. The second-order valence-corrected chi connectivity index (χ2v) is 4.38. The third kappa shape index (κ3) is 2.45. The predicted molar refractivity (Wildman–Crippen MR) is 58.8 cm³/mol. The van der Waals surface area contributed by atoms with E-state index in [-0.39, 0.29) is 11.6 Å². The highest BCUT2D eigenvalue weighted by molar-refractivity contribution is 5.86. The normalized spacial score (nSPS) is 16.5. The summed E-state index contributed by atoms with van der Waals surface area (Å²) in [6, 6.07) is 0. The van der Waals surface area contributed by atoms with Gasteiger partial charge in [0.05, 0.1) is 12.4 Å². The molecule has 1 heterocycles. The summed E-state index contributed by atoms with van der Waals surface area (Å²) in [5.74, 6) is -0.825. The van der Waals surface area contributed by atoms with Crippen molar-refractivity contribution in [1.29, 1.82) is 0 Å². The van der Waals surface area contributed by atoms with Crippen LogP contribution in [-0.4, -0.2) is 32.7 Å². The number of aromatic nitrogens is 3. The molecule has 6 heteroatoms. The Hall–Kier alpha value is -1.46. The van der Waals surface area contributed by atoms with E-state index >= 15 is 0 Å². The Balaban J connectivity index is 2.28. The Bertz CT molecular complexity index is 399. The molecule has 0 saturated heterocycles. The molecule has 1 aromatic rings. The minimum absolute atomic E-state index is 0.0377. The van der Waals surface area contributed by atoms with Gasteiger partial charge in [-0.25, -0.2) is 9.48 Å². The van der Waals surface area contributed by atoms with Crippen LogP contribution in [-0.2, 0) is 6.54 Å². The van der Waals surface area contributed by atoms with Crippen LogP contribution < -0.4 is 0 Å². The van der Waals surface area contributed by atoms with Crippen LogP contribution in [0.3, 0.4) is 0 Å². The van der Waals surface area contributed by atoms with Crippen LogP contribution in [0.4, 0.5) is 4.39 Å². The zero-order valence-corrected chi connectivity index (χ0v) is 9.60. The van der Waals surface area contributed by atoms with Crippen LogP contribution >= 0.6 is 0 Å². The summed E-state index contributed by atoms with van der Waals surface area (Å²) in [5.41, 5.74) is 0.721. The monoisotopic (exact) mass is 241 g/mol. The molecular weight excluding hydrogens is 225 g/mol. The van der Waals surface area contributed by atoms with Crippen molar-refractivity contribution >= 4 is 5.97 Å². The summed E-state index contributed by atoms with van der Waals surface area (Å²) in [7, 11) is 0. The van der Waals surface area contributed by atoms with Gasteiger partial charge in [-0.2, -0.15) is 0 Å². The summed E-state index contributed by atoms with van der Waals surface area (Å²) in [5, 5.41) is 16.6. The van der Waals surface area contributed by atoms with E-state index in [1.165, 1.54) is 0 Å². The van der Waals surface area contributed by atoms with E-state index in [1.807, 2.05) is 0 Å². The van der Waals surface area contributed by atoms with Gasteiger partial charge >= 0.3 is 5.97 Å². The fraction of sp³-hybridized carbons (Fsp3) is 0.727. The molecule has 1 N–H and O–H groups in total. The molecule has 94 valence electrons. The number of alkyl halides is 1. The highest BCUT2D eigenvalue weighted by atomic mass is 19.1. The molecule has 1 fully saturated rings. The standard InChI is InChI=1S/C11H16FN3O2/c12-6-3-7-15-10(8-4-1-2-5-8)9(11(16)17)13-14-15/h8H,1-7H2,(H,16,17). The first kappa shape index (κ1) is 12.0. The van der Waals surface area contributed by atoms with Crippen molar-refractivity contribution in [2.24, 2.45) is 0 Å². The summed E-state index contributed by atoms with van der Waals surface area (Å²) in [6.45, 7) is -0.0189. The average Bonchev–Trinajstić information content (AvgIpc) is 2.94. The number of aromatic carboxylic acids is 1. The van der Waals surface area contributed by atoms with E-state index in [0.29, 0.717) is 18.7 Å². The number of hydrogen-bond donors (Lipinski definition) is 1. The van der Waals surface area contributed by atoms with Crippen molar-refractivity contribution in [3.05, 3.63) is 11.4 Å². The van der Waals surface area contributed by atoms with Crippen LogP contribution in [0.15, 0.2) is 0 Å². The number of nitrogens with zero attached hydrogens (tertiary/aromatic N) is 3. The molecule has 0 amide bonds. The number of aryl methyl sites for hydroxylation is 1. The Morgan fingerprint density at radius 2 is 2.18 bits per heavy atom. The highest BCUT2D eigenvalue weighted by Gasteiger charge is 2.28. The first-order chi connectivity index (χ1) is 8.24. The molecule has 17 heavy (non-hydrogen) atoms. The van der Waals surface area contributed by atoms with Crippen LogP contribution in [0, 0.1) is 0 Å². The van der Waals surface area contributed by atoms with E-state index < -0.39 is 12.6 Å². The van der Waals surface area contributed by atoms with Crippen molar-refractivity contribution < 1.29 is 14.3 Å². The van der Waals surface area contributed by atoms with E-state index in [4.69, 9.17) is 5.11 Å². The quantitative estimate of drug-likeness (QED) is 0.856. The minimum atomic E-state index is -1.04. The van der Waals surface area contributed by atoms with Crippen LogP contribution in [0.25, 0.3) is 0 Å². The van der Waals surface area contributed by atoms with Gasteiger partial charge in [0.1, 0.15) is 0 Å². The molecule has 1 aliphatic carbocycles. The number of carboxylic acids is 1. The van der Waals surface area contributed by atoms with E-state index in [0.717, 1.165) is 25.7 Å². The molecule has 2 rings (SSSR count). The molecule has 0 aliphatic heterocycles. The maximum absolute atomic E-state index is 12.2. The Labute approximate surface area is 98.6 Å². The van der Waals surface area contributed by atoms with Crippen molar-refractivity contribution in [1.82, 2.24) is 15.0 Å². The van der Waals surface area contributed by atoms with Gasteiger partial charge in [-0.3, -0.25) is 4.39 Å². The fourth-order valence-electron chi connectivity index (χ4n) is 2.45. The van der Waals surface area contributed by atoms with Gasteiger partial charge < -0.3 is 5.11 Å². The molecule has 0 radical (unpaired) electrons. The molecule has 0 bridgehead atoms. The zero-order chi connectivity index (χ0) is 12.3. The number of carboxylic acid groups (broad SMARTS) is 1. The highest BCUT2D eigenvalue weighted by Crippen LogP contribution is 2.35. The van der Waals surface area contributed by atoms with Crippen molar-refractivity contribution in [2.75, 3.05) is 6.67 Å². The first-order valence-corrected chi connectivity index (χ1v) is 5.96. The topological polar surface area (TPSA) is 68.0 Å². The lowest BCUT2D eigenvalue weighted by atomic mass is 10.0. The SMILES string of the molecule is O=C(O)c1nnn(CCCF)c1C1CCCC1. The second-order valence-electron chi connectivity index (χ2n) is 4.38. The molecule has 0 spiro atoms. The van der Waals surface area contributed by atoms with Gasteiger partial charge in [0, 0.05) is 12.5 Å². The van der Waals surface area contributed by atoms with E-state index in [1.54, 1.807) is 4.68 Å². The number of carbonyl (C=O) groups is 1. The second kappa shape index (κ2) is 5.25. The van der Waals surface area contributed by atoms with Crippen molar-refractivity contribution in [2.45, 2.75) is 44.6 Å². The molecule has 0 atom stereocenters. The zero-order valence-electron chi connectivity index (χ0n) is 9.60. The Kier molecular flexibility index (Phi) is 3.71. The van der Waals surface area contributed by atoms with Gasteiger partial charge in [-0.1, -0.05) is 18.1 Å². The van der Waals surface area contributed by atoms with Crippen LogP contribution in [0.2, 0.25) is 0 Å². The summed E-state index contributed by atoms with van der Waals surface area (Å²) < 4.78 is 13.7. The smallest absolute Gasteiger partial charge is 0.358 e. The van der Waals surface area contributed by atoms with Gasteiger partial charge in [0.15, 0.2) is 5.69 Å². The number of rotatable bonds is 5. The van der Waals surface area contributed by atoms with Crippen molar-refractivity contribution in [3.63, 3.8) is 0 Å². The fourth-order valence-corrected chi connectivity index (χ4v) is 2.45. The van der Waals surface area contributed by atoms with E-state index in [9.17, 15) is 9.18 Å².